The molecule has 1 amide bonds. The first-order chi connectivity index (χ1) is 9.77. The molecule has 21 heavy (non-hydrogen) atoms. The first-order valence-electron chi connectivity index (χ1n) is 5.98. The van der Waals surface area contributed by atoms with E-state index in [0.717, 1.165) is 23.9 Å². The monoisotopic (exact) mass is 292 g/mol. The van der Waals surface area contributed by atoms with E-state index < -0.39 is 17.6 Å². The molecule has 1 aromatic heterocycles. The van der Waals surface area contributed by atoms with Crippen LogP contribution in [0.5, 0.6) is 0 Å². The van der Waals surface area contributed by atoms with Gasteiger partial charge >= 0.3 is 6.18 Å². The molecule has 108 valence electrons. The van der Waals surface area contributed by atoms with Crippen molar-refractivity contribution in [1.29, 1.82) is 0 Å². The van der Waals surface area contributed by atoms with Crippen LogP contribution in [0.15, 0.2) is 36.5 Å². The molecule has 0 fully saturated rings. The summed E-state index contributed by atoms with van der Waals surface area (Å²) >= 11 is 0. The Morgan fingerprint density at radius 2 is 1.95 bits per heavy atom. The third kappa shape index (κ3) is 3.59. The molecule has 1 heterocycles. The van der Waals surface area contributed by atoms with Crippen molar-refractivity contribution >= 4 is 11.7 Å². The zero-order valence-electron chi connectivity index (χ0n) is 11.0. The number of hydrogen-bond donors (Lipinski definition) is 1. The maximum atomic E-state index is 12.6. The lowest BCUT2D eigenvalue weighted by atomic mass is 10.1. The maximum Gasteiger partial charge on any atom is 0.416 e. The molecule has 0 aliphatic heterocycles. The highest BCUT2D eigenvalue weighted by Gasteiger charge is 2.30. The van der Waals surface area contributed by atoms with Crippen molar-refractivity contribution in [3.8, 4) is 0 Å². The molecule has 0 spiro atoms. The predicted octanol–water partition coefficient (Wildman–Crippen LogP) is 3.72. The molecule has 1 aromatic carbocycles. The van der Waals surface area contributed by atoms with Gasteiger partial charge in [0.2, 0.25) is 0 Å². The lowest BCUT2D eigenvalue weighted by Crippen LogP contribution is -2.14. The highest BCUT2D eigenvalue weighted by atomic mass is 19.4. The normalized spacial score (nSPS) is 11.3. The van der Waals surface area contributed by atoms with Crippen LogP contribution < -0.4 is 5.32 Å². The molecule has 0 aliphatic rings. The molecular weight excluding hydrogens is 281 g/mol. The van der Waals surface area contributed by atoms with E-state index in [-0.39, 0.29) is 11.4 Å². The summed E-state index contributed by atoms with van der Waals surface area (Å²) < 4.78 is 37.7. The van der Waals surface area contributed by atoms with Crippen molar-refractivity contribution in [3.05, 3.63) is 65.7 Å². The number of hydrogen-bond acceptors (Lipinski definition) is 2. The minimum atomic E-state index is -4.49. The number of anilines is 1. The number of amides is 1. The van der Waals surface area contributed by atoms with Crippen LogP contribution in [0.4, 0.5) is 19.0 Å². The molecule has 0 bridgehead atoms. The molecule has 2 radical (unpaired) electrons. The Bertz CT molecular complexity index is 681. The smallest absolute Gasteiger partial charge is 0.307 e. The molecule has 0 aliphatic carbocycles. The van der Waals surface area contributed by atoms with Gasteiger partial charge in [-0.25, -0.2) is 4.98 Å². The summed E-state index contributed by atoms with van der Waals surface area (Å²) in [7, 11) is 0. The fourth-order valence-corrected chi connectivity index (χ4v) is 1.65. The van der Waals surface area contributed by atoms with Crippen molar-refractivity contribution in [2.45, 2.75) is 13.1 Å². The zero-order chi connectivity index (χ0) is 15.6. The maximum absolute atomic E-state index is 12.6. The third-order valence-corrected chi connectivity index (χ3v) is 2.87. The molecular formula is C15H11F3N2O. The Morgan fingerprint density at radius 3 is 2.57 bits per heavy atom. The molecule has 0 atom stereocenters. The van der Waals surface area contributed by atoms with Crippen molar-refractivity contribution < 1.29 is 18.0 Å². The van der Waals surface area contributed by atoms with Gasteiger partial charge in [0.25, 0.3) is 5.91 Å². The topological polar surface area (TPSA) is 42.0 Å². The van der Waals surface area contributed by atoms with Gasteiger partial charge in [-0.05, 0) is 49.2 Å². The molecule has 6 heteroatoms. The van der Waals surface area contributed by atoms with Gasteiger partial charge in [0.1, 0.15) is 5.82 Å². The standard InChI is InChI=1S/C15H11F3N2O/c1-9-3-4-11(7-10(9)2)14(21)20-13-8-12(5-6-19-13)15(16,17)18/h2-8H,1H3,(H,19,20,21). The molecule has 2 aromatic rings. The Labute approximate surface area is 119 Å². The fraction of sp³-hybridized carbons (Fsp3) is 0.133. The number of carbonyl (C=O) groups excluding carboxylic acids is 1. The van der Waals surface area contributed by atoms with E-state index in [1.807, 2.05) is 0 Å². The Morgan fingerprint density at radius 1 is 1.24 bits per heavy atom. The third-order valence-electron chi connectivity index (χ3n) is 2.87. The second-order valence-corrected chi connectivity index (χ2v) is 4.45. The molecule has 3 nitrogen and oxygen atoms in total. The summed E-state index contributed by atoms with van der Waals surface area (Å²) in [6, 6.07) is 6.26. The van der Waals surface area contributed by atoms with E-state index in [0.29, 0.717) is 5.56 Å². The fourth-order valence-electron chi connectivity index (χ4n) is 1.65. The molecule has 1 N–H and O–H groups in total. The number of carbonyl (C=O) groups is 1. The van der Waals surface area contributed by atoms with Gasteiger partial charge in [0.05, 0.1) is 5.56 Å². The van der Waals surface area contributed by atoms with Crippen LogP contribution >= 0.6 is 0 Å². The molecule has 0 saturated heterocycles. The number of benzene rings is 1. The molecule has 0 saturated carbocycles. The lowest BCUT2D eigenvalue weighted by Gasteiger charge is -2.09. The first kappa shape index (κ1) is 15.0. The van der Waals surface area contributed by atoms with Gasteiger partial charge in [-0.15, -0.1) is 0 Å². The lowest BCUT2D eigenvalue weighted by molar-refractivity contribution is -0.137. The van der Waals surface area contributed by atoms with Crippen molar-refractivity contribution in [1.82, 2.24) is 4.98 Å². The van der Waals surface area contributed by atoms with E-state index in [1.165, 1.54) is 12.1 Å². The van der Waals surface area contributed by atoms with Gasteiger partial charge < -0.3 is 5.32 Å². The average molecular weight is 292 g/mol. The summed E-state index contributed by atoms with van der Waals surface area (Å²) in [5, 5.41) is 2.31. The van der Waals surface area contributed by atoms with Crippen LogP contribution in [-0.2, 0) is 6.18 Å². The Hall–Kier alpha value is -2.37. The van der Waals surface area contributed by atoms with Gasteiger partial charge in [0, 0.05) is 11.8 Å². The SMILES string of the molecule is [CH]c1cc(C(=O)Nc2cc(C(F)(F)F)ccn2)ccc1C. The zero-order valence-corrected chi connectivity index (χ0v) is 11.0. The quantitative estimate of drug-likeness (QED) is 0.916. The van der Waals surface area contributed by atoms with Crippen LogP contribution in [0.1, 0.15) is 27.0 Å². The summed E-state index contributed by atoms with van der Waals surface area (Å²) in [4.78, 5) is 15.6. The van der Waals surface area contributed by atoms with Crippen molar-refractivity contribution in [3.63, 3.8) is 0 Å². The van der Waals surface area contributed by atoms with E-state index in [2.05, 4.69) is 10.3 Å². The van der Waals surface area contributed by atoms with Crippen LogP contribution in [-0.4, -0.2) is 10.9 Å². The van der Waals surface area contributed by atoms with Crippen LogP contribution in [0.25, 0.3) is 0 Å². The average Bonchev–Trinajstić information content (AvgIpc) is 2.41. The van der Waals surface area contributed by atoms with Crippen molar-refractivity contribution in [2.24, 2.45) is 0 Å². The second-order valence-electron chi connectivity index (χ2n) is 4.45. The highest BCUT2D eigenvalue weighted by molar-refractivity contribution is 6.04. The minimum Gasteiger partial charge on any atom is -0.307 e. The molecule has 0 unspecified atom stereocenters. The largest absolute Gasteiger partial charge is 0.416 e. The van der Waals surface area contributed by atoms with Crippen LogP contribution in [0.3, 0.4) is 0 Å². The number of pyridine rings is 1. The number of rotatable bonds is 2. The Balaban J connectivity index is 2.21. The van der Waals surface area contributed by atoms with Crippen LogP contribution in [0.2, 0.25) is 0 Å². The number of alkyl halides is 3. The molecule has 2 rings (SSSR count). The Kier molecular flexibility index (Phi) is 3.97. The summed E-state index contributed by atoms with van der Waals surface area (Å²) in [5.41, 5.74) is 0.608. The van der Waals surface area contributed by atoms with E-state index in [4.69, 9.17) is 6.92 Å². The summed E-state index contributed by atoms with van der Waals surface area (Å²) in [5.74, 6) is -0.748. The number of aromatic nitrogens is 1. The highest BCUT2D eigenvalue weighted by Crippen LogP contribution is 2.29. The van der Waals surface area contributed by atoms with Crippen molar-refractivity contribution in [2.75, 3.05) is 5.32 Å². The minimum absolute atomic E-state index is 0.172. The summed E-state index contributed by atoms with van der Waals surface area (Å²) in [6.07, 6.45) is -3.50. The number of aryl methyl sites for hydroxylation is 1. The number of halogens is 3. The second kappa shape index (κ2) is 5.55. The predicted molar refractivity (Wildman–Crippen MR) is 71.8 cm³/mol. The van der Waals surface area contributed by atoms with Gasteiger partial charge in [-0.3, -0.25) is 4.79 Å². The van der Waals surface area contributed by atoms with E-state index >= 15 is 0 Å². The van der Waals surface area contributed by atoms with Gasteiger partial charge in [0.15, 0.2) is 0 Å². The van der Waals surface area contributed by atoms with E-state index in [9.17, 15) is 18.0 Å². The van der Waals surface area contributed by atoms with Gasteiger partial charge in [-0.1, -0.05) is 6.07 Å². The van der Waals surface area contributed by atoms with Crippen LogP contribution in [0, 0.1) is 13.8 Å². The number of nitrogens with zero attached hydrogens (tertiary/aromatic N) is 1. The summed E-state index contributed by atoms with van der Waals surface area (Å²) in [6.45, 7) is 7.47. The number of nitrogens with one attached hydrogen (secondary N) is 1. The van der Waals surface area contributed by atoms with Gasteiger partial charge in [-0.2, -0.15) is 13.2 Å². The first-order valence-corrected chi connectivity index (χ1v) is 5.98. The van der Waals surface area contributed by atoms with E-state index in [1.54, 1.807) is 13.0 Å².